The van der Waals surface area contributed by atoms with Crippen molar-refractivity contribution in [2.24, 2.45) is 11.7 Å². The van der Waals surface area contributed by atoms with E-state index in [0.717, 1.165) is 37.8 Å². The molecule has 1 fully saturated rings. The zero-order valence-corrected chi connectivity index (χ0v) is 10.6. The zero-order chi connectivity index (χ0) is 13.8. The van der Waals surface area contributed by atoms with E-state index in [1.165, 1.54) is 6.07 Å². The lowest BCUT2D eigenvalue weighted by Crippen LogP contribution is -2.35. The van der Waals surface area contributed by atoms with Gasteiger partial charge in [-0.2, -0.15) is 0 Å². The van der Waals surface area contributed by atoms with Crippen LogP contribution in [0.25, 0.3) is 0 Å². The molecule has 0 spiro atoms. The molecule has 104 valence electrons. The summed E-state index contributed by atoms with van der Waals surface area (Å²) in [7, 11) is 0. The van der Waals surface area contributed by atoms with Gasteiger partial charge in [0.1, 0.15) is 11.5 Å². The smallest absolute Gasteiger partial charge is 0.292 e. The summed E-state index contributed by atoms with van der Waals surface area (Å²) >= 11 is 0. The van der Waals surface area contributed by atoms with Crippen LogP contribution in [0.15, 0.2) is 18.2 Å². The lowest BCUT2D eigenvalue weighted by molar-refractivity contribution is -0.384. The van der Waals surface area contributed by atoms with Crippen LogP contribution in [0, 0.1) is 21.8 Å². The summed E-state index contributed by atoms with van der Waals surface area (Å²) in [6.07, 6.45) is 4.46. The van der Waals surface area contributed by atoms with Crippen molar-refractivity contribution >= 4 is 11.4 Å². The maximum absolute atomic E-state index is 13.2. The summed E-state index contributed by atoms with van der Waals surface area (Å²) in [6.45, 7) is 0.387. The van der Waals surface area contributed by atoms with Crippen LogP contribution in [-0.2, 0) is 0 Å². The molecule has 0 heterocycles. The fraction of sp³-hybridized carbons (Fsp3) is 0.538. The Kier molecular flexibility index (Phi) is 4.31. The zero-order valence-electron chi connectivity index (χ0n) is 10.6. The number of nitro groups is 1. The van der Waals surface area contributed by atoms with Crippen LogP contribution in [0.1, 0.15) is 25.7 Å². The summed E-state index contributed by atoms with van der Waals surface area (Å²) in [5.74, 6) is -0.0804. The van der Waals surface area contributed by atoms with Crippen molar-refractivity contribution in [1.29, 1.82) is 0 Å². The quantitative estimate of drug-likeness (QED) is 0.634. The fourth-order valence-corrected chi connectivity index (χ4v) is 2.71. The Morgan fingerprint density at radius 2 is 2.16 bits per heavy atom. The Hall–Kier alpha value is -1.69. The van der Waals surface area contributed by atoms with Crippen molar-refractivity contribution in [3.63, 3.8) is 0 Å². The number of anilines is 1. The summed E-state index contributed by atoms with van der Waals surface area (Å²) in [5.41, 5.74) is 5.84. The van der Waals surface area contributed by atoms with Crippen molar-refractivity contribution < 1.29 is 9.31 Å². The van der Waals surface area contributed by atoms with Crippen LogP contribution in [0.5, 0.6) is 0 Å². The number of nitro benzene ring substituents is 1. The first kappa shape index (κ1) is 13.7. The topological polar surface area (TPSA) is 81.2 Å². The van der Waals surface area contributed by atoms with E-state index in [-0.39, 0.29) is 17.4 Å². The van der Waals surface area contributed by atoms with Crippen LogP contribution >= 0.6 is 0 Å². The average molecular weight is 267 g/mol. The summed E-state index contributed by atoms with van der Waals surface area (Å²) in [6, 6.07) is 3.40. The maximum Gasteiger partial charge on any atom is 0.292 e. The molecule has 0 bridgehead atoms. The minimum Gasteiger partial charge on any atom is -0.375 e. The van der Waals surface area contributed by atoms with E-state index in [2.05, 4.69) is 5.32 Å². The van der Waals surface area contributed by atoms with Crippen LogP contribution < -0.4 is 11.1 Å². The van der Waals surface area contributed by atoms with Gasteiger partial charge in [0.25, 0.3) is 5.69 Å². The molecular formula is C13H18FN3O2. The molecule has 1 atom stereocenters. The van der Waals surface area contributed by atoms with Crippen molar-refractivity contribution in [1.82, 2.24) is 0 Å². The highest BCUT2D eigenvalue weighted by Gasteiger charge is 2.26. The Labute approximate surface area is 111 Å². The van der Waals surface area contributed by atoms with Gasteiger partial charge in [0.05, 0.1) is 4.92 Å². The molecule has 2 rings (SSSR count). The minimum atomic E-state index is -0.510. The normalized spacial score (nSPS) is 17.4. The third-order valence-electron chi connectivity index (χ3n) is 3.72. The summed E-state index contributed by atoms with van der Waals surface area (Å²) in [5, 5.41) is 14.0. The van der Waals surface area contributed by atoms with Crippen LogP contribution in [0.4, 0.5) is 15.8 Å². The van der Waals surface area contributed by atoms with Crippen molar-refractivity contribution in [3.8, 4) is 0 Å². The number of nitrogens with zero attached hydrogens (tertiary/aromatic N) is 1. The van der Waals surface area contributed by atoms with Gasteiger partial charge in [-0.25, -0.2) is 4.39 Å². The van der Waals surface area contributed by atoms with Crippen LogP contribution in [0.2, 0.25) is 0 Å². The van der Waals surface area contributed by atoms with Crippen LogP contribution in [-0.4, -0.2) is 17.5 Å². The van der Waals surface area contributed by atoms with E-state index in [9.17, 15) is 14.5 Å². The fourth-order valence-electron chi connectivity index (χ4n) is 2.71. The number of nitrogens with one attached hydrogen (secondary N) is 1. The molecule has 0 saturated heterocycles. The predicted octanol–water partition coefficient (Wildman–Crippen LogP) is 2.66. The van der Waals surface area contributed by atoms with E-state index < -0.39 is 10.7 Å². The second-order valence-electron chi connectivity index (χ2n) is 4.95. The Morgan fingerprint density at radius 1 is 1.47 bits per heavy atom. The molecule has 1 saturated carbocycles. The number of nitrogens with two attached hydrogens (primary N) is 1. The van der Waals surface area contributed by atoms with Gasteiger partial charge in [-0.05, 0) is 24.8 Å². The molecule has 19 heavy (non-hydrogen) atoms. The molecule has 1 aromatic rings. The SMILES string of the molecule is NCC(Nc1cc(F)ccc1[N+](=O)[O-])C1CCCC1. The van der Waals surface area contributed by atoms with Crippen molar-refractivity contribution in [2.45, 2.75) is 31.7 Å². The average Bonchev–Trinajstić information content (AvgIpc) is 2.89. The number of rotatable bonds is 5. The molecule has 0 aliphatic heterocycles. The third-order valence-corrected chi connectivity index (χ3v) is 3.72. The first-order chi connectivity index (χ1) is 9.11. The highest BCUT2D eigenvalue weighted by Crippen LogP contribution is 2.32. The number of hydrogen-bond acceptors (Lipinski definition) is 4. The minimum absolute atomic E-state index is 0.0389. The molecule has 1 aliphatic rings. The monoisotopic (exact) mass is 267 g/mol. The van der Waals surface area contributed by atoms with E-state index in [0.29, 0.717) is 12.5 Å². The molecule has 0 amide bonds. The molecule has 0 aromatic heterocycles. The second-order valence-corrected chi connectivity index (χ2v) is 4.95. The Morgan fingerprint density at radius 3 is 2.74 bits per heavy atom. The lowest BCUT2D eigenvalue weighted by Gasteiger charge is -2.24. The lowest BCUT2D eigenvalue weighted by atomic mass is 9.98. The number of halogens is 1. The van der Waals surface area contributed by atoms with Gasteiger partial charge >= 0.3 is 0 Å². The largest absolute Gasteiger partial charge is 0.375 e. The van der Waals surface area contributed by atoms with Gasteiger partial charge in [-0.1, -0.05) is 12.8 Å². The number of benzene rings is 1. The molecular weight excluding hydrogens is 249 g/mol. The first-order valence-electron chi connectivity index (χ1n) is 6.52. The maximum atomic E-state index is 13.2. The second kappa shape index (κ2) is 5.97. The molecule has 1 aromatic carbocycles. The number of hydrogen-bond donors (Lipinski definition) is 2. The molecule has 1 unspecified atom stereocenters. The van der Waals surface area contributed by atoms with Gasteiger partial charge in [-0.3, -0.25) is 10.1 Å². The van der Waals surface area contributed by atoms with Gasteiger partial charge < -0.3 is 11.1 Å². The molecule has 5 nitrogen and oxygen atoms in total. The van der Waals surface area contributed by atoms with E-state index >= 15 is 0 Å². The molecule has 6 heteroatoms. The molecule has 0 radical (unpaired) electrons. The highest BCUT2D eigenvalue weighted by molar-refractivity contribution is 5.62. The Balaban J connectivity index is 2.20. The van der Waals surface area contributed by atoms with E-state index in [1.54, 1.807) is 0 Å². The van der Waals surface area contributed by atoms with Crippen LogP contribution in [0.3, 0.4) is 0 Å². The predicted molar refractivity (Wildman–Crippen MR) is 71.5 cm³/mol. The van der Waals surface area contributed by atoms with E-state index in [4.69, 9.17) is 5.73 Å². The van der Waals surface area contributed by atoms with Gasteiger partial charge in [0.2, 0.25) is 0 Å². The van der Waals surface area contributed by atoms with Gasteiger partial charge in [0, 0.05) is 24.7 Å². The third kappa shape index (κ3) is 3.20. The summed E-state index contributed by atoms with van der Waals surface area (Å²) < 4.78 is 13.2. The van der Waals surface area contributed by atoms with Crippen molar-refractivity contribution in [3.05, 3.63) is 34.1 Å². The van der Waals surface area contributed by atoms with Crippen molar-refractivity contribution in [2.75, 3.05) is 11.9 Å². The summed E-state index contributed by atoms with van der Waals surface area (Å²) in [4.78, 5) is 10.4. The highest BCUT2D eigenvalue weighted by atomic mass is 19.1. The van der Waals surface area contributed by atoms with Gasteiger partial charge in [0.15, 0.2) is 0 Å². The first-order valence-corrected chi connectivity index (χ1v) is 6.52. The van der Waals surface area contributed by atoms with Gasteiger partial charge in [-0.15, -0.1) is 0 Å². The Bertz CT molecular complexity index is 461. The molecule has 1 aliphatic carbocycles. The van der Waals surface area contributed by atoms with E-state index in [1.807, 2.05) is 0 Å². The standard InChI is InChI=1S/C13H18FN3O2/c14-10-5-6-13(17(18)19)11(7-10)16-12(8-15)9-3-1-2-4-9/h5-7,9,12,16H,1-4,8,15H2. The molecule has 3 N–H and O–H groups in total.